The molecule has 10 heteroatoms. The Balaban J connectivity index is 0.00000225. The molecule has 2 aromatic heterocycles. The highest BCUT2D eigenvalue weighted by molar-refractivity contribution is 7.90. The Kier molecular flexibility index (Phi) is 8.86. The summed E-state index contributed by atoms with van der Waals surface area (Å²) in [7, 11) is -1.86. The van der Waals surface area contributed by atoms with Crippen LogP contribution in [-0.4, -0.2) is 37.9 Å². The highest BCUT2D eigenvalue weighted by atomic mass is 35.5. The number of fused-ring (bicyclic) bond motifs is 1. The van der Waals surface area contributed by atoms with Crippen molar-refractivity contribution in [1.29, 1.82) is 0 Å². The third kappa shape index (κ3) is 5.13. The van der Waals surface area contributed by atoms with E-state index in [4.69, 9.17) is 10.5 Å². The Bertz CT molecular complexity index is 1180. The van der Waals surface area contributed by atoms with Crippen LogP contribution in [0.25, 0.3) is 22.0 Å². The maximum atomic E-state index is 14.2. The summed E-state index contributed by atoms with van der Waals surface area (Å²) in [6, 6.07) is 8.45. The summed E-state index contributed by atoms with van der Waals surface area (Å²) in [5.41, 5.74) is 8.56. The molecule has 30 heavy (non-hydrogen) atoms. The number of sulfone groups is 1. The van der Waals surface area contributed by atoms with Gasteiger partial charge in [-0.3, -0.25) is 0 Å². The van der Waals surface area contributed by atoms with Gasteiger partial charge >= 0.3 is 0 Å². The number of aromatic nitrogens is 2. The highest BCUT2D eigenvalue weighted by Gasteiger charge is 2.19. The summed E-state index contributed by atoms with van der Waals surface area (Å²) in [6.07, 6.45) is 4.11. The Morgan fingerprint density at radius 3 is 2.57 bits per heavy atom. The smallest absolute Gasteiger partial charge is 0.213 e. The second kappa shape index (κ2) is 10.3. The molecule has 0 bridgehead atoms. The minimum Gasteiger partial charge on any atom is -0.481 e. The molecule has 1 aromatic carbocycles. The first-order chi connectivity index (χ1) is 13.3. The van der Waals surface area contributed by atoms with E-state index in [0.29, 0.717) is 11.3 Å². The zero-order chi connectivity index (χ0) is 20.5. The van der Waals surface area contributed by atoms with Crippen molar-refractivity contribution in [3.8, 4) is 17.0 Å². The Morgan fingerprint density at radius 2 is 1.97 bits per heavy atom. The fraction of sp³-hybridized carbons (Fsp3) is 0.250. The predicted octanol–water partition coefficient (Wildman–Crippen LogP) is 4.08. The molecule has 0 amide bonds. The van der Waals surface area contributed by atoms with E-state index in [9.17, 15) is 12.8 Å². The molecule has 0 radical (unpaired) electrons. The molecule has 2 N–H and O–H groups in total. The summed E-state index contributed by atoms with van der Waals surface area (Å²) in [4.78, 5) is 4.33. The zero-order valence-electron chi connectivity index (χ0n) is 16.8. The molecule has 3 rings (SSSR count). The molecule has 0 saturated heterocycles. The van der Waals surface area contributed by atoms with Crippen LogP contribution in [0.5, 0.6) is 5.88 Å². The number of rotatable bonds is 6. The quantitative estimate of drug-likeness (QED) is 0.580. The van der Waals surface area contributed by atoms with E-state index in [0.717, 1.165) is 28.6 Å². The van der Waals surface area contributed by atoms with Crippen molar-refractivity contribution in [2.75, 3.05) is 19.9 Å². The number of nitrogens with zero attached hydrogens (tertiary/aromatic N) is 2. The minimum absolute atomic E-state index is 0. The molecular formula is C20H24Cl2FN3O3S. The molecule has 0 aliphatic rings. The van der Waals surface area contributed by atoms with Crippen LogP contribution in [0.15, 0.2) is 53.3 Å². The van der Waals surface area contributed by atoms with Crippen LogP contribution in [0.2, 0.25) is 0 Å². The lowest BCUT2D eigenvalue weighted by molar-refractivity contribution is 0.398. The fourth-order valence-corrected chi connectivity index (χ4v) is 3.93. The number of ether oxygens (including phenoxy) is 1. The van der Waals surface area contributed by atoms with Gasteiger partial charge in [-0.15, -0.1) is 24.8 Å². The van der Waals surface area contributed by atoms with Crippen molar-refractivity contribution in [3.63, 3.8) is 0 Å². The summed E-state index contributed by atoms with van der Waals surface area (Å²) in [5, 5.41) is 0.717. The Labute approximate surface area is 187 Å². The Morgan fingerprint density at radius 1 is 1.27 bits per heavy atom. The van der Waals surface area contributed by atoms with Gasteiger partial charge in [-0.1, -0.05) is 0 Å². The molecule has 0 aliphatic heterocycles. The van der Waals surface area contributed by atoms with Gasteiger partial charge in [0.1, 0.15) is 5.83 Å². The summed E-state index contributed by atoms with van der Waals surface area (Å²) < 4.78 is 45.4. The molecule has 3 aromatic rings. The van der Waals surface area contributed by atoms with Gasteiger partial charge in [0.05, 0.1) is 18.6 Å². The minimum atomic E-state index is -3.39. The van der Waals surface area contributed by atoms with Crippen LogP contribution in [0.3, 0.4) is 0 Å². The van der Waals surface area contributed by atoms with Crippen LogP contribution in [0, 0.1) is 6.92 Å². The lowest BCUT2D eigenvalue weighted by Crippen LogP contribution is -2.03. The third-order valence-electron chi connectivity index (χ3n) is 4.60. The van der Waals surface area contributed by atoms with Gasteiger partial charge < -0.3 is 15.0 Å². The summed E-state index contributed by atoms with van der Waals surface area (Å²) >= 11 is 0. The van der Waals surface area contributed by atoms with Crippen LogP contribution in [0.1, 0.15) is 5.69 Å². The first-order valence-electron chi connectivity index (χ1n) is 8.64. The third-order valence-corrected chi connectivity index (χ3v) is 5.71. The molecule has 0 unspecified atom stereocenters. The van der Waals surface area contributed by atoms with E-state index in [1.807, 2.05) is 17.6 Å². The van der Waals surface area contributed by atoms with Gasteiger partial charge in [-0.25, -0.2) is 17.8 Å². The van der Waals surface area contributed by atoms with Gasteiger partial charge in [0.2, 0.25) is 5.88 Å². The number of benzene rings is 1. The van der Waals surface area contributed by atoms with Crippen LogP contribution < -0.4 is 10.5 Å². The summed E-state index contributed by atoms with van der Waals surface area (Å²) in [5.74, 6) is 0.0832. The van der Waals surface area contributed by atoms with E-state index in [1.54, 1.807) is 24.4 Å². The molecular weight excluding hydrogens is 452 g/mol. The van der Waals surface area contributed by atoms with E-state index < -0.39 is 9.84 Å². The van der Waals surface area contributed by atoms with Gasteiger partial charge in [-0.05, 0) is 42.8 Å². The lowest BCUT2D eigenvalue weighted by atomic mass is 10.0. The average molecular weight is 476 g/mol. The number of pyridine rings is 1. The molecule has 0 aliphatic carbocycles. The molecule has 0 fully saturated rings. The van der Waals surface area contributed by atoms with Gasteiger partial charge in [0, 0.05) is 47.2 Å². The first kappa shape index (κ1) is 25.9. The fourth-order valence-electron chi connectivity index (χ4n) is 3.28. The highest BCUT2D eigenvalue weighted by Crippen LogP contribution is 2.37. The van der Waals surface area contributed by atoms with Crippen LogP contribution in [0.4, 0.5) is 4.39 Å². The maximum absolute atomic E-state index is 14.2. The van der Waals surface area contributed by atoms with Crippen molar-refractivity contribution in [2.24, 2.45) is 5.73 Å². The van der Waals surface area contributed by atoms with E-state index in [1.165, 1.54) is 19.3 Å². The predicted molar refractivity (Wildman–Crippen MR) is 122 cm³/mol. The number of hydrogen-bond donors (Lipinski definition) is 1. The zero-order valence-corrected chi connectivity index (χ0v) is 19.2. The van der Waals surface area contributed by atoms with E-state index in [-0.39, 0.29) is 48.6 Å². The van der Waals surface area contributed by atoms with Gasteiger partial charge in [-0.2, -0.15) is 0 Å². The van der Waals surface area contributed by atoms with Crippen molar-refractivity contribution in [3.05, 3.63) is 54.1 Å². The number of allylic oxidation sites excluding steroid dienone is 1. The molecule has 0 saturated carbocycles. The number of nitrogens with two attached hydrogens (primary N) is 1. The van der Waals surface area contributed by atoms with E-state index in [2.05, 4.69) is 4.98 Å². The lowest BCUT2D eigenvalue weighted by Gasteiger charge is -2.08. The number of hydrogen-bond acceptors (Lipinski definition) is 5. The molecule has 2 heterocycles. The standard InChI is InChI=1S/C20H22FN3O3S.2ClH/c1-13-20(14-7-9-23-19(10-14)27-2)17-11-16(28(3,25)26)4-5-18(17)24(13)12-15(21)6-8-22;;/h4-7,9-11H,8,12,22H2,1-3H3;2*1H/b15-6-;;. The van der Waals surface area contributed by atoms with Crippen molar-refractivity contribution >= 4 is 45.6 Å². The van der Waals surface area contributed by atoms with Crippen LogP contribution in [-0.2, 0) is 16.4 Å². The molecule has 164 valence electrons. The summed E-state index contributed by atoms with van der Waals surface area (Å²) in [6.45, 7) is 1.99. The van der Waals surface area contributed by atoms with Crippen molar-refractivity contribution < 1.29 is 17.5 Å². The first-order valence-corrected chi connectivity index (χ1v) is 10.5. The number of halogens is 3. The van der Waals surface area contributed by atoms with Gasteiger partial charge in [0.25, 0.3) is 0 Å². The normalized spacial score (nSPS) is 11.7. The molecule has 0 atom stereocenters. The largest absolute Gasteiger partial charge is 0.481 e. The molecule has 0 spiro atoms. The Hall–Kier alpha value is -2.13. The van der Waals surface area contributed by atoms with Gasteiger partial charge in [0.15, 0.2) is 9.84 Å². The van der Waals surface area contributed by atoms with Crippen molar-refractivity contribution in [1.82, 2.24) is 9.55 Å². The van der Waals surface area contributed by atoms with E-state index >= 15 is 0 Å². The number of methoxy groups -OCH3 is 1. The SMILES string of the molecule is COc1cc(-c2c(C)n(C/C(F)=C/CN)c3ccc(S(C)(=O)=O)cc23)ccn1.Cl.Cl. The van der Waals surface area contributed by atoms with Crippen molar-refractivity contribution in [2.45, 2.75) is 18.4 Å². The van der Waals surface area contributed by atoms with Crippen LogP contribution >= 0.6 is 24.8 Å². The monoisotopic (exact) mass is 475 g/mol. The second-order valence-electron chi connectivity index (χ2n) is 6.47. The second-order valence-corrected chi connectivity index (χ2v) is 8.49. The average Bonchev–Trinajstić information content (AvgIpc) is 2.92. The topological polar surface area (TPSA) is 87.2 Å². The molecule has 6 nitrogen and oxygen atoms in total. The maximum Gasteiger partial charge on any atom is 0.213 e.